The molecule has 1 aliphatic heterocycles. The lowest BCUT2D eigenvalue weighted by atomic mass is 9.48. The van der Waals surface area contributed by atoms with E-state index in [1.54, 1.807) is 55.6 Å². The van der Waals surface area contributed by atoms with Crippen LogP contribution in [0.5, 0.6) is 5.75 Å². The third-order valence-corrected chi connectivity index (χ3v) is 8.71. The van der Waals surface area contributed by atoms with E-state index in [1.165, 1.54) is 4.90 Å². The van der Waals surface area contributed by atoms with Crippen LogP contribution in [0.15, 0.2) is 97.1 Å². The molecule has 1 N–H and O–H groups in total. The van der Waals surface area contributed by atoms with Gasteiger partial charge in [-0.1, -0.05) is 60.7 Å². The average Bonchev–Trinajstić information content (AvgIpc) is 3.18. The van der Waals surface area contributed by atoms with Gasteiger partial charge in [-0.3, -0.25) is 14.4 Å². The van der Waals surface area contributed by atoms with Crippen LogP contribution in [0.1, 0.15) is 51.4 Å². The summed E-state index contributed by atoms with van der Waals surface area (Å²) < 4.78 is 5.24. The van der Waals surface area contributed by atoms with Crippen LogP contribution in [0.2, 0.25) is 0 Å². The monoisotopic (exact) mass is 514 g/mol. The number of nitrogens with zero attached hydrogens (tertiary/aromatic N) is 1. The van der Waals surface area contributed by atoms with Gasteiger partial charge in [0.2, 0.25) is 11.8 Å². The highest BCUT2D eigenvalue weighted by Crippen LogP contribution is 2.67. The molecule has 3 aliphatic carbocycles. The molecule has 6 heteroatoms. The van der Waals surface area contributed by atoms with E-state index in [0.29, 0.717) is 22.7 Å². The number of rotatable bonds is 4. The lowest BCUT2D eigenvalue weighted by Crippen LogP contribution is -2.49. The van der Waals surface area contributed by atoms with Crippen LogP contribution >= 0.6 is 0 Å². The van der Waals surface area contributed by atoms with Crippen LogP contribution < -0.4 is 15.0 Å². The second-order valence-electron chi connectivity index (χ2n) is 10.6. The SMILES string of the molecule is COc1cccc(NC(=O)c2cccc(N3C(=O)[C@@H]4C5c6ccccc6C(c6ccccc65)[C@]4(C)C3=O)c2)c1. The molecule has 6 nitrogen and oxygen atoms in total. The van der Waals surface area contributed by atoms with Gasteiger partial charge in [-0.15, -0.1) is 0 Å². The zero-order chi connectivity index (χ0) is 26.9. The van der Waals surface area contributed by atoms with Crippen LogP contribution in [-0.4, -0.2) is 24.8 Å². The molecule has 2 bridgehead atoms. The van der Waals surface area contributed by atoms with Crippen LogP contribution in [-0.2, 0) is 9.59 Å². The van der Waals surface area contributed by atoms with Crippen molar-refractivity contribution in [1.29, 1.82) is 0 Å². The van der Waals surface area contributed by atoms with E-state index in [2.05, 4.69) is 29.6 Å². The molecule has 1 heterocycles. The summed E-state index contributed by atoms with van der Waals surface area (Å²) in [5, 5.41) is 2.87. The first kappa shape index (κ1) is 23.4. The number of ether oxygens (including phenoxy) is 1. The van der Waals surface area contributed by atoms with Crippen LogP contribution in [0.25, 0.3) is 0 Å². The highest BCUT2D eigenvalue weighted by molar-refractivity contribution is 6.25. The maximum atomic E-state index is 14.3. The second kappa shape index (κ2) is 8.40. The number of hydrogen-bond donors (Lipinski definition) is 1. The van der Waals surface area contributed by atoms with E-state index >= 15 is 0 Å². The predicted molar refractivity (Wildman–Crippen MR) is 148 cm³/mol. The lowest BCUT2D eigenvalue weighted by Gasteiger charge is -2.51. The van der Waals surface area contributed by atoms with Crippen LogP contribution in [0.4, 0.5) is 11.4 Å². The van der Waals surface area contributed by atoms with Crippen molar-refractivity contribution >= 4 is 29.1 Å². The Kier molecular flexibility index (Phi) is 5.04. The van der Waals surface area contributed by atoms with Crippen molar-refractivity contribution in [2.75, 3.05) is 17.3 Å². The smallest absolute Gasteiger partial charge is 0.255 e. The van der Waals surface area contributed by atoms with Gasteiger partial charge in [-0.05, 0) is 59.5 Å². The molecule has 0 aromatic heterocycles. The van der Waals surface area contributed by atoms with Crippen molar-refractivity contribution in [2.45, 2.75) is 18.8 Å². The molecule has 0 unspecified atom stereocenters. The van der Waals surface area contributed by atoms with Crippen molar-refractivity contribution in [3.8, 4) is 5.75 Å². The number of carbonyl (C=O) groups is 3. The first-order chi connectivity index (χ1) is 18.9. The Labute approximate surface area is 226 Å². The van der Waals surface area contributed by atoms with Crippen molar-refractivity contribution in [2.24, 2.45) is 11.3 Å². The third-order valence-electron chi connectivity index (χ3n) is 8.71. The standard InChI is InChI=1S/C33H26N2O4/c1-33-28-25-15-5-3-13-23(25)27(24-14-4-6-16-26(24)28)29(33)31(37)35(32(33)38)21-11-7-9-19(17-21)30(36)34-20-10-8-12-22(18-20)39-2/h3-18,27-29H,1-2H3,(H,34,36)/t27?,28?,29-,33-/m0/s1. The number of benzene rings is 4. The molecule has 4 aliphatic rings. The zero-order valence-electron chi connectivity index (χ0n) is 21.5. The highest BCUT2D eigenvalue weighted by Gasteiger charge is 2.68. The van der Waals surface area contributed by atoms with Crippen molar-refractivity contribution in [3.05, 3.63) is 125 Å². The second-order valence-corrected chi connectivity index (χ2v) is 10.6. The molecule has 0 saturated carbocycles. The van der Waals surface area contributed by atoms with E-state index in [9.17, 15) is 14.4 Å². The maximum Gasteiger partial charge on any atom is 0.255 e. The third kappa shape index (κ3) is 3.18. The Morgan fingerprint density at radius 3 is 2.13 bits per heavy atom. The highest BCUT2D eigenvalue weighted by atomic mass is 16.5. The Bertz CT molecular complexity index is 1650. The lowest BCUT2D eigenvalue weighted by molar-refractivity contribution is -0.128. The summed E-state index contributed by atoms with van der Waals surface area (Å²) in [6.07, 6.45) is 0. The molecule has 4 aromatic rings. The van der Waals surface area contributed by atoms with Crippen LogP contribution in [0, 0.1) is 11.3 Å². The van der Waals surface area contributed by atoms with Gasteiger partial charge in [0.05, 0.1) is 24.1 Å². The minimum absolute atomic E-state index is 0.201. The maximum absolute atomic E-state index is 14.3. The summed E-state index contributed by atoms with van der Waals surface area (Å²) in [6, 6.07) is 30.2. The fourth-order valence-electron chi connectivity index (χ4n) is 7.05. The van der Waals surface area contributed by atoms with Crippen molar-refractivity contribution in [3.63, 3.8) is 0 Å². The minimum Gasteiger partial charge on any atom is -0.497 e. The molecule has 39 heavy (non-hydrogen) atoms. The van der Waals surface area contributed by atoms with Crippen molar-refractivity contribution < 1.29 is 19.1 Å². The van der Waals surface area contributed by atoms with Gasteiger partial charge in [0.25, 0.3) is 5.91 Å². The molecule has 0 radical (unpaired) electrons. The van der Waals surface area contributed by atoms with Gasteiger partial charge in [-0.25, -0.2) is 4.90 Å². The molecule has 3 amide bonds. The van der Waals surface area contributed by atoms with Gasteiger partial charge < -0.3 is 10.1 Å². The number of hydrogen-bond acceptors (Lipinski definition) is 4. The molecule has 4 aromatic carbocycles. The Morgan fingerprint density at radius 2 is 1.46 bits per heavy atom. The Morgan fingerprint density at radius 1 is 0.821 bits per heavy atom. The fourth-order valence-corrected chi connectivity index (χ4v) is 7.05. The number of nitrogens with one attached hydrogen (secondary N) is 1. The van der Waals surface area contributed by atoms with Crippen LogP contribution in [0.3, 0.4) is 0 Å². The number of anilines is 2. The first-order valence-electron chi connectivity index (χ1n) is 13.0. The van der Waals surface area contributed by atoms with E-state index in [0.717, 1.165) is 22.3 Å². The number of imide groups is 1. The van der Waals surface area contributed by atoms with Crippen molar-refractivity contribution in [1.82, 2.24) is 0 Å². The summed E-state index contributed by atoms with van der Waals surface area (Å²) in [6.45, 7) is 1.95. The molecule has 192 valence electrons. The topological polar surface area (TPSA) is 75.7 Å². The fraction of sp³-hybridized carbons (Fsp3) is 0.182. The normalized spacial score (nSPS) is 24.2. The molecular weight excluding hydrogens is 488 g/mol. The summed E-state index contributed by atoms with van der Waals surface area (Å²) in [5.41, 5.74) is 4.91. The van der Waals surface area contributed by atoms with Gasteiger partial charge in [0.15, 0.2) is 0 Å². The molecule has 8 rings (SSSR count). The molecule has 1 fully saturated rings. The minimum atomic E-state index is -0.927. The summed E-state index contributed by atoms with van der Waals surface area (Å²) in [7, 11) is 1.57. The van der Waals surface area contributed by atoms with Gasteiger partial charge in [0, 0.05) is 29.2 Å². The quantitative estimate of drug-likeness (QED) is 0.353. The largest absolute Gasteiger partial charge is 0.497 e. The molecule has 0 spiro atoms. The Hall–Kier alpha value is -4.71. The number of amides is 3. The average molecular weight is 515 g/mol. The Balaban J connectivity index is 1.28. The predicted octanol–water partition coefficient (Wildman–Crippen LogP) is 5.73. The zero-order valence-corrected chi connectivity index (χ0v) is 21.5. The molecular formula is C33H26N2O4. The van der Waals surface area contributed by atoms with E-state index < -0.39 is 11.3 Å². The number of carbonyl (C=O) groups excluding carboxylic acids is 3. The molecule has 2 atom stereocenters. The van der Waals surface area contributed by atoms with Gasteiger partial charge in [-0.2, -0.15) is 0 Å². The first-order valence-corrected chi connectivity index (χ1v) is 13.0. The van der Waals surface area contributed by atoms with E-state index in [4.69, 9.17) is 4.74 Å². The summed E-state index contributed by atoms with van der Waals surface area (Å²) in [5.74, 6) is -1.09. The summed E-state index contributed by atoms with van der Waals surface area (Å²) >= 11 is 0. The molecule has 1 saturated heterocycles. The van der Waals surface area contributed by atoms with E-state index in [-0.39, 0.29) is 29.6 Å². The number of methoxy groups -OCH3 is 1. The summed E-state index contributed by atoms with van der Waals surface area (Å²) in [4.78, 5) is 43.0. The van der Waals surface area contributed by atoms with Gasteiger partial charge >= 0.3 is 0 Å². The van der Waals surface area contributed by atoms with Gasteiger partial charge in [0.1, 0.15) is 5.75 Å². The van der Waals surface area contributed by atoms with E-state index in [1.807, 2.05) is 31.2 Å².